The molecule has 1 atom stereocenters. The molecule has 4 aromatic carbocycles. The molecule has 45 heavy (non-hydrogen) atoms. The van der Waals surface area contributed by atoms with Gasteiger partial charge in [-0.15, -0.1) is 0 Å². The molecular formula is C35H37ClFN3O4S. The zero-order chi connectivity index (χ0) is 32.6. The highest BCUT2D eigenvalue weighted by Crippen LogP contribution is 2.28. The third-order valence-corrected chi connectivity index (χ3v) is 9.44. The van der Waals surface area contributed by atoms with Gasteiger partial charge in [0.2, 0.25) is 11.8 Å². The molecule has 0 radical (unpaired) electrons. The molecule has 2 amide bonds. The van der Waals surface area contributed by atoms with Crippen molar-refractivity contribution in [3.63, 3.8) is 0 Å². The first-order valence-electron chi connectivity index (χ1n) is 14.7. The number of hydrogen-bond donors (Lipinski definition) is 1. The van der Waals surface area contributed by atoms with Crippen molar-refractivity contribution in [2.45, 2.75) is 44.7 Å². The summed E-state index contributed by atoms with van der Waals surface area (Å²) in [6.07, 6.45) is 0.205. The maximum absolute atomic E-state index is 14.5. The number of nitrogens with one attached hydrogen (secondary N) is 1. The molecule has 0 aromatic heterocycles. The van der Waals surface area contributed by atoms with Gasteiger partial charge < -0.3 is 10.2 Å². The van der Waals surface area contributed by atoms with E-state index in [0.717, 1.165) is 27.1 Å². The second-order valence-electron chi connectivity index (χ2n) is 11.2. The summed E-state index contributed by atoms with van der Waals surface area (Å²) in [6, 6.07) is 27.1. The summed E-state index contributed by atoms with van der Waals surface area (Å²) < 4.78 is 43.1. The number of sulfonamides is 1. The summed E-state index contributed by atoms with van der Waals surface area (Å²) in [7, 11) is -4.32. The molecular weight excluding hydrogens is 613 g/mol. The molecule has 0 aliphatic rings. The van der Waals surface area contributed by atoms with E-state index in [9.17, 15) is 22.4 Å². The van der Waals surface area contributed by atoms with E-state index in [-0.39, 0.29) is 40.4 Å². The maximum Gasteiger partial charge on any atom is 0.264 e. The summed E-state index contributed by atoms with van der Waals surface area (Å²) in [5.41, 5.74) is 2.57. The van der Waals surface area contributed by atoms with Crippen molar-refractivity contribution < 1.29 is 22.4 Å². The zero-order valence-electron chi connectivity index (χ0n) is 25.5. The SMILES string of the molecule is Cc1ccccc1CN(C(=O)CN(c1ccc(F)c(Cl)c1)S(=O)(=O)c1ccccc1)[C@@H](Cc1ccccc1)C(=O)NCC(C)C. The number of hydrogen-bond acceptors (Lipinski definition) is 4. The Labute approximate surface area is 269 Å². The smallest absolute Gasteiger partial charge is 0.264 e. The lowest BCUT2D eigenvalue weighted by atomic mass is 10.0. The minimum absolute atomic E-state index is 0.0123. The van der Waals surface area contributed by atoms with E-state index in [1.807, 2.05) is 75.4 Å². The Morgan fingerprint density at radius 2 is 1.51 bits per heavy atom. The first kappa shape index (κ1) is 33.7. The summed E-state index contributed by atoms with van der Waals surface area (Å²) in [6.45, 7) is 5.66. The monoisotopic (exact) mass is 649 g/mol. The van der Waals surface area contributed by atoms with Crippen LogP contribution >= 0.6 is 11.6 Å². The van der Waals surface area contributed by atoms with Crippen LogP contribution in [0.25, 0.3) is 0 Å². The van der Waals surface area contributed by atoms with E-state index >= 15 is 0 Å². The van der Waals surface area contributed by atoms with Gasteiger partial charge in [0.1, 0.15) is 18.4 Å². The van der Waals surface area contributed by atoms with Crippen molar-refractivity contribution in [1.82, 2.24) is 10.2 Å². The zero-order valence-corrected chi connectivity index (χ0v) is 27.1. The van der Waals surface area contributed by atoms with Crippen molar-refractivity contribution in [3.05, 3.63) is 131 Å². The summed E-state index contributed by atoms with van der Waals surface area (Å²) in [5.74, 6) is -1.52. The van der Waals surface area contributed by atoms with Crippen LogP contribution in [0.4, 0.5) is 10.1 Å². The Hall–Kier alpha value is -4.21. The van der Waals surface area contributed by atoms with Gasteiger partial charge in [-0.3, -0.25) is 13.9 Å². The fourth-order valence-electron chi connectivity index (χ4n) is 4.84. The van der Waals surface area contributed by atoms with Crippen molar-refractivity contribution >= 4 is 39.1 Å². The predicted molar refractivity (Wildman–Crippen MR) is 176 cm³/mol. The van der Waals surface area contributed by atoms with E-state index in [1.165, 1.54) is 29.2 Å². The quantitative estimate of drug-likeness (QED) is 0.182. The van der Waals surface area contributed by atoms with Gasteiger partial charge in [-0.05, 0) is 59.9 Å². The number of aryl methyl sites for hydroxylation is 1. The van der Waals surface area contributed by atoms with Gasteiger partial charge in [0.15, 0.2) is 0 Å². The summed E-state index contributed by atoms with van der Waals surface area (Å²) >= 11 is 6.08. The van der Waals surface area contributed by atoms with Gasteiger partial charge in [0, 0.05) is 19.5 Å². The van der Waals surface area contributed by atoms with Crippen molar-refractivity contribution in [3.8, 4) is 0 Å². The van der Waals surface area contributed by atoms with Crippen LogP contribution in [0.2, 0.25) is 5.02 Å². The highest BCUT2D eigenvalue weighted by Gasteiger charge is 2.35. The van der Waals surface area contributed by atoms with Crippen LogP contribution in [0.1, 0.15) is 30.5 Å². The number of anilines is 1. The van der Waals surface area contributed by atoms with Crippen LogP contribution in [0, 0.1) is 18.7 Å². The lowest BCUT2D eigenvalue weighted by Crippen LogP contribution is -2.53. The third-order valence-electron chi connectivity index (χ3n) is 7.36. The van der Waals surface area contributed by atoms with Crippen LogP contribution in [0.3, 0.4) is 0 Å². The van der Waals surface area contributed by atoms with Gasteiger partial charge in [0.25, 0.3) is 10.0 Å². The number of carbonyl (C=O) groups excluding carboxylic acids is 2. The Bertz CT molecular complexity index is 1720. The second kappa shape index (κ2) is 15.2. The van der Waals surface area contributed by atoms with E-state index < -0.39 is 34.3 Å². The Morgan fingerprint density at radius 3 is 2.13 bits per heavy atom. The number of halogens is 2. The van der Waals surface area contributed by atoms with Crippen molar-refractivity contribution in [2.24, 2.45) is 5.92 Å². The lowest BCUT2D eigenvalue weighted by molar-refractivity contribution is -0.140. The highest BCUT2D eigenvalue weighted by molar-refractivity contribution is 7.92. The fourth-order valence-corrected chi connectivity index (χ4v) is 6.44. The topological polar surface area (TPSA) is 86.8 Å². The van der Waals surface area contributed by atoms with E-state index in [2.05, 4.69) is 5.32 Å². The van der Waals surface area contributed by atoms with Crippen LogP contribution in [-0.4, -0.2) is 44.3 Å². The minimum Gasteiger partial charge on any atom is -0.354 e. The molecule has 4 aromatic rings. The van der Waals surface area contributed by atoms with Gasteiger partial charge >= 0.3 is 0 Å². The Morgan fingerprint density at radius 1 is 0.889 bits per heavy atom. The number of nitrogens with zero attached hydrogens (tertiary/aromatic N) is 2. The van der Waals surface area contributed by atoms with Gasteiger partial charge in [0.05, 0.1) is 15.6 Å². The molecule has 0 spiro atoms. The number of rotatable bonds is 13. The van der Waals surface area contributed by atoms with Gasteiger partial charge in [-0.25, -0.2) is 12.8 Å². The average molecular weight is 650 g/mol. The highest BCUT2D eigenvalue weighted by atomic mass is 35.5. The number of carbonyl (C=O) groups is 2. The van der Waals surface area contributed by atoms with Crippen molar-refractivity contribution in [1.29, 1.82) is 0 Å². The minimum atomic E-state index is -4.32. The van der Waals surface area contributed by atoms with E-state index in [4.69, 9.17) is 11.6 Å². The number of amides is 2. The van der Waals surface area contributed by atoms with Crippen LogP contribution < -0.4 is 9.62 Å². The fraction of sp³-hybridized carbons (Fsp3) is 0.257. The molecule has 0 aliphatic carbocycles. The lowest BCUT2D eigenvalue weighted by Gasteiger charge is -2.34. The van der Waals surface area contributed by atoms with Crippen molar-refractivity contribution in [2.75, 3.05) is 17.4 Å². The normalized spacial score (nSPS) is 12.0. The summed E-state index contributed by atoms with van der Waals surface area (Å²) in [4.78, 5) is 29.7. The van der Waals surface area contributed by atoms with Crippen LogP contribution in [0.15, 0.2) is 108 Å². The first-order valence-corrected chi connectivity index (χ1v) is 16.5. The standard InChI is InChI=1S/C35H37ClFN3O4S/c1-25(2)22-38-35(42)33(20-27-13-6-4-7-14-27)39(23-28-15-11-10-12-26(28)3)34(41)24-40(29-18-19-32(37)31(36)21-29)45(43,44)30-16-8-5-9-17-30/h4-19,21,25,33H,20,22-24H2,1-3H3,(H,38,42)/t33-/m0/s1. The van der Waals surface area contributed by atoms with Gasteiger partial charge in [-0.1, -0.05) is 98.2 Å². The molecule has 7 nitrogen and oxygen atoms in total. The van der Waals surface area contributed by atoms with E-state index in [0.29, 0.717) is 6.54 Å². The van der Waals surface area contributed by atoms with Crippen LogP contribution in [0.5, 0.6) is 0 Å². The Balaban J connectivity index is 1.82. The van der Waals surface area contributed by atoms with Crippen LogP contribution in [-0.2, 0) is 32.6 Å². The average Bonchev–Trinajstić information content (AvgIpc) is 3.03. The molecule has 10 heteroatoms. The molecule has 1 N–H and O–H groups in total. The molecule has 0 unspecified atom stereocenters. The second-order valence-corrected chi connectivity index (χ2v) is 13.5. The molecule has 0 saturated carbocycles. The molecule has 0 fully saturated rings. The molecule has 0 heterocycles. The predicted octanol–water partition coefficient (Wildman–Crippen LogP) is 6.40. The first-order chi connectivity index (χ1) is 21.5. The molecule has 4 rings (SSSR count). The number of benzene rings is 4. The summed E-state index contributed by atoms with van der Waals surface area (Å²) in [5, 5.41) is 2.68. The molecule has 0 bridgehead atoms. The molecule has 0 saturated heterocycles. The van der Waals surface area contributed by atoms with Gasteiger partial charge in [-0.2, -0.15) is 0 Å². The largest absolute Gasteiger partial charge is 0.354 e. The maximum atomic E-state index is 14.5. The Kier molecular flexibility index (Phi) is 11.4. The molecule has 0 aliphatic heterocycles. The van der Waals surface area contributed by atoms with E-state index in [1.54, 1.807) is 18.2 Å². The molecule has 236 valence electrons. The third kappa shape index (κ3) is 8.71.